The van der Waals surface area contributed by atoms with Crippen LogP contribution >= 0.6 is 0 Å². The van der Waals surface area contributed by atoms with Crippen molar-refractivity contribution in [2.75, 3.05) is 76.3 Å². The lowest BCUT2D eigenvalue weighted by molar-refractivity contribution is -0.145. The molecule has 0 saturated carbocycles. The minimum Gasteiger partial charge on any atom is -0.378 e. The van der Waals surface area contributed by atoms with Crippen molar-refractivity contribution in [1.82, 2.24) is 19.6 Å². The summed E-state index contributed by atoms with van der Waals surface area (Å²) in [6.07, 6.45) is 3.87. The Labute approximate surface area is 321 Å². The summed E-state index contributed by atoms with van der Waals surface area (Å²) >= 11 is 0. The minimum atomic E-state index is -0.688. The number of carbonyl (C=O) groups excluding carboxylic acids is 3. The third-order valence-corrected chi connectivity index (χ3v) is 10.6. The molecular formula is C45H54N6O3. The first-order valence-electron chi connectivity index (χ1n) is 19.1. The van der Waals surface area contributed by atoms with E-state index < -0.39 is 6.04 Å². The maximum absolute atomic E-state index is 14.7. The van der Waals surface area contributed by atoms with Crippen LogP contribution < -0.4 is 9.80 Å². The van der Waals surface area contributed by atoms with Gasteiger partial charge in [0.15, 0.2) is 0 Å². The fourth-order valence-corrected chi connectivity index (χ4v) is 7.23. The molecular weight excluding hydrogens is 673 g/mol. The van der Waals surface area contributed by atoms with E-state index in [-0.39, 0.29) is 17.7 Å². The average molecular weight is 727 g/mol. The number of rotatable bonds is 12. The fraction of sp³-hybridized carbons (Fsp3) is 0.356. The molecule has 2 fully saturated rings. The van der Waals surface area contributed by atoms with E-state index in [4.69, 9.17) is 0 Å². The highest BCUT2D eigenvalue weighted by molar-refractivity contribution is 5.96. The van der Waals surface area contributed by atoms with E-state index in [2.05, 4.69) is 63.2 Å². The summed E-state index contributed by atoms with van der Waals surface area (Å²) in [5, 5.41) is 0. The second-order valence-corrected chi connectivity index (χ2v) is 14.7. The minimum absolute atomic E-state index is 0.0223. The Morgan fingerprint density at radius 1 is 0.685 bits per heavy atom. The number of aryl methyl sites for hydroxylation is 1. The summed E-state index contributed by atoms with van der Waals surface area (Å²) in [6, 6.07) is 34.3. The van der Waals surface area contributed by atoms with E-state index in [1.165, 1.54) is 11.3 Å². The number of amides is 3. The lowest BCUT2D eigenvalue weighted by Crippen LogP contribution is -2.56. The molecule has 0 aliphatic carbocycles. The van der Waals surface area contributed by atoms with Gasteiger partial charge >= 0.3 is 0 Å². The zero-order valence-electron chi connectivity index (χ0n) is 32.2. The Morgan fingerprint density at radius 2 is 1.30 bits per heavy atom. The quantitative estimate of drug-likeness (QED) is 0.174. The van der Waals surface area contributed by atoms with Crippen molar-refractivity contribution < 1.29 is 14.4 Å². The van der Waals surface area contributed by atoms with Crippen molar-refractivity contribution in [1.29, 1.82) is 0 Å². The number of nitrogens with zero attached hydrogens (tertiary/aromatic N) is 6. The maximum atomic E-state index is 14.7. The van der Waals surface area contributed by atoms with Gasteiger partial charge in [-0.15, -0.1) is 0 Å². The summed E-state index contributed by atoms with van der Waals surface area (Å²) in [4.78, 5) is 53.3. The lowest BCUT2D eigenvalue weighted by atomic mass is 10.0. The number of benzene rings is 4. The molecule has 3 amide bonds. The number of hydrogen-bond donors (Lipinski definition) is 0. The summed E-state index contributed by atoms with van der Waals surface area (Å²) < 4.78 is 0. The van der Waals surface area contributed by atoms with Gasteiger partial charge in [-0.3, -0.25) is 19.3 Å². The molecule has 54 heavy (non-hydrogen) atoms. The SMILES string of the molecule is CC(=O)N1CCN(c2ccc(CN(C(=O)C=Cc3ccc(C)cc3)[C@@H](Cc3ccccc3)C(=O)N3CCN(Cc4ccc(N(C)C)cc4)CC3)cc2)CC1. The van der Waals surface area contributed by atoms with Crippen LogP contribution in [0.2, 0.25) is 0 Å². The van der Waals surface area contributed by atoms with Crippen LogP contribution in [0.25, 0.3) is 6.08 Å². The highest BCUT2D eigenvalue weighted by Gasteiger charge is 2.34. The second kappa shape index (κ2) is 18.1. The monoisotopic (exact) mass is 726 g/mol. The van der Waals surface area contributed by atoms with Gasteiger partial charge in [0.1, 0.15) is 6.04 Å². The summed E-state index contributed by atoms with van der Waals surface area (Å²) in [7, 11) is 4.09. The van der Waals surface area contributed by atoms with Gasteiger partial charge in [0.05, 0.1) is 0 Å². The standard InChI is InChI=1S/C45H54N6O3/c1-35-10-12-37(13-11-35)18-23-44(53)51(34-40-16-21-42(22-17-40)49-30-28-48(29-31-49)36(2)52)43(32-38-8-6-5-7-9-38)45(54)50-26-24-47(25-27-50)33-39-14-19-41(20-15-39)46(3)4/h5-23,43H,24-34H2,1-4H3/t43-/m0/s1. The Morgan fingerprint density at radius 3 is 1.91 bits per heavy atom. The first kappa shape index (κ1) is 38.3. The molecule has 0 bridgehead atoms. The van der Waals surface area contributed by atoms with Gasteiger partial charge in [-0.25, -0.2) is 0 Å². The van der Waals surface area contributed by atoms with Crippen molar-refractivity contribution in [2.24, 2.45) is 0 Å². The van der Waals surface area contributed by atoms with E-state index >= 15 is 0 Å². The smallest absolute Gasteiger partial charge is 0.247 e. The van der Waals surface area contributed by atoms with Gasteiger partial charge in [0, 0.05) is 110 Å². The van der Waals surface area contributed by atoms with Crippen molar-refractivity contribution in [3.05, 3.63) is 137 Å². The van der Waals surface area contributed by atoms with Crippen LogP contribution in [-0.2, 0) is 33.9 Å². The number of carbonyl (C=O) groups is 3. The molecule has 0 radical (unpaired) electrons. The first-order chi connectivity index (χ1) is 26.1. The molecule has 1 atom stereocenters. The largest absolute Gasteiger partial charge is 0.378 e. The van der Waals surface area contributed by atoms with Crippen LogP contribution in [-0.4, -0.2) is 110 Å². The molecule has 4 aromatic carbocycles. The summed E-state index contributed by atoms with van der Waals surface area (Å²) in [6.45, 7) is 10.5. The first-order valence-corrected chi connectivity index (χ1v) is 19.1. The Balaban J connectivity index is 1.22. The Hall–Kier alpha value is -5.41. The Bertz CT molecular complexity index is 1860. The molecule has 282 valence electrons. The molecule has 2 aliphatic rings. The zero-order chi connectivity index (χ0) is 38.0. The summed E-state index contributed by atoms with van der Waals surface area (Å²) in [5.74, 6) is -0.112. The van der Waals surface area contributed by atoms with E-state index in [9.17, 15) is 14.4 Å². The number of hydrogen-bond acceptors (Lipinski definition) is 6. The van der Waals surface area contributed by atoms with Gasteiger partial charge in [0.25, 0.3) is 0 Å². The van der Waals surface area contributed by atoms with Crippen molar-refractivity contribution in [3.8, 4) is 0 Å². The normalized spacial score (nSPS) is 15.7. The topological polar surface area (TPSA) is 70.6 Å². The van der Waals surface area contributed by atoms with Crippen LogP contribution in [0, 0.1) is 6.92 Å². The van der Waals surface area contributed by atoms with Crippen LogP contribution in [0.4, 0.5) is 11.4 Å². The second-order valence-electron chi connectivity index (χ2n) is 14.7. The van der Waals surface area contributed by atoms with Crippen molar-refractivity contribution in [3.63, 3.8) is 0 Å². The molecule has 2 saturated heterocycles. The van der Waals surface area contributed by atoms with Crippen LogP contribution in [0.5, 0.6) is 0 Å². The lowest BCUT2D eigenvalue weighted by Gasteiger charge is -2.39. The molecule has 9 nitrogen and oxygen atoms in total. The summed E-state index contributed by atoms with van der Waals surface area (Å²) in [5.41, 5.74) is 7.56. The molecule has 9 heteroatoms. The Kier molecular flexibility index (Phi) is 12.8. The number of piperazine rings is 2. The fourth-order valence-electron chi connectivity index (χ4n) is 7.23. The maximum Gasteiger partial charge on any atom is 0.247 e. The third-order valence-electron chi connectivity index (χ3n) is 10.6. The van der Waals surface area contributed by atoms with Crippen molar-refractivity contribution in [2.45, 2.75) is 39.4 Å². The molecule has 0 N–H and O–H groups in total. The predicted octanol–water partition coefficient (Wildman–Crippen LogP) is 5.73. The molecule has 6 rings (SSSR count). The molecule has 2 aliphatic heterocycles. The van der Waals surface area contributed by atoms with E-state index in [0.29, 0.717) is 39.1 Å². The van der Waals surface area contributed by atoms with E-state index in [0.717, 1.165) is 60.7 Å². The van der Waals surface area contributed by atoms with E-state index in [1.54, 1.807) is 17.9 Å². The predicted molar refractivity (Wildman–Crippen MR) is 218 cm³/mol. The highest BCUT2D eigenvalue weighted by Crippen LogP contribution is 2.23. The molecule has 0 aromatic heterocycles. The molecule has 4 aromatic rings. The zero-order valence-corrected chi connectivity index (χ0v) is 32.2. The molecule has 0 spiro atoms. The molecule has 2 heterocycles. The average Bonchev–Trinajstić information content (AvgIpc) is 3.20. The van der Waals surface area contributed by atoms with Gasteiger partial charge in [-0.05, 0) is 59.5 Å². The van der Waals surface area contributed by atoms with Gasteiger partial charge < -0.3 is 24.5 Å². The van der Waals surface area contributed by atoms with Crippen LogP contribution in [0.1, 0.15) is 34.7 Å². The van der Waals surface area contributed by atoms with Gasteiger partial charge in [0.2, 0.25) is 17.7 Å². The van der Waals surface area contributed by atoms with Crippen LogP contribution in [0.15, 0.2) is 109 Å². The number of anilines is 2. The van der Waals surface area contributed by atoms with Crippen molar-refractivity contribution >= 4 is 35.2 Å². The third kappa shape index (κ3) is 10.2. The van der Waals surface area contributed by atoms with E-state index in [1.807, 2.05) is 91.5 Å². The molecule has 0 unspecified atom stereocenters. The highest BCUT2D eigenvalue weighted by atomic mass is 16.2. The van der Waals surface area contributed by atoms with Crippen LogP contribution in [0.3, 0.4) is 0 Å². The van der Waals surface area contributed by atoms with Gasteiger partial charge in [-0.2, -0.15) is 0 Å². The van der Waals surface area contributed by atoms with Gasteiger partial charge in [-0.1, -0.05) is 84.4 Å².